The summed E-state index contributed by atoms with van der Waals surface area (Å²) >= 11 is 4.66. The van der Waals surface area contributed by atoms with E-state index in [1.807, 2.05) is 0 Å². The molecule has 0 atom stereocenters. The largest absolute Gasteiger partial charge is 0.354 e. The average molecular weight is 448 g/mol. The first-order valence-electron chi connectivity index (χ1n) is 7.29. The second-order valence-electron chi connectivity index (χ2n) is 5.12. The molecule has 2 rings (SSSR count). The fourth-order valence-corrected chi connectivity index (χ4v) is 3.94. The maximum atomic E-state index is 12.4. The summed E-state index contributed by atoms with van der Waals surface area (Å²) in [5, 5.41) is 10.0. The van der Waals surface area contributed by atoms with Crippen LogP contribution in [0.3, 0.4) is 0 Å². The van der Waals surface area contributed by atoms with Crippen LogP contribution in [0, 0.1) is 6.92 Å². The molecule has 0 spiro atoms. The molecule has 136 valence electrons. The Morgan fingerprint density at radius 2 is 2.04 bits per heavy atom. The van der Waals surface area contributed by atoms with E-state index in [1.165, 1.54) is 30.9 Å². The van der Waals surface area contributed by atoms with E-state index in [0.717, 1.165) is 14.6 Å². The summed E-state index contributed by atoms with van der Waals surface area (Å²) in [6.07, 6.45) is 0. The molecule has 25 heavy (non-hydrogen) atoms. The third-order valence-electron chi connectivity index (χ3n) is 3.12. The molecule has 0 aliphatic carbocycles. The fraction of sp³-hybridized carbons (Fsp3) is 0.357. The van der Waals surface area contributed by atoms with Crippen LogP contribution in [0.5, 0.6) is 0 Å². The van der Waals surface area contributed by atoms with E-state index in [4.69, 9.17) is 0 Å². The Labute approximate surface area is 159 Å². The summed E-state index contributed by atoms with van der Waals surface area (Å²) < 4.78 is 26.6. The number of hydrogen-bond donors (Lipinski definition) is 2. The van der Waals surface area contributed by atoms with Gasteiger partial charge in [-0.3, -0.25) is 9.89 Å². The smallest absolute Gasteiger partial charge is 0.243 e. The number of amides is 1. The quantitative estimate of drug-likeness (QED) is 0.467. The summed E-state index contributed by atoms with van der Waals surface area (Å²) in [7, 11) is -2.32. The van der Waals surface area contributed by atoms with Gasteiger partial charge in [0.15, 0.2) is 0 Å². The molecule has 0 aliphatic rings. The van der Waals surface area contributed by atoms with Gasteiger partial charge in [-0.25, -0.2) is 13.4 Å². The number of aromatic nitrogens is 3. The molecule has 11 heteroatoms. The fourth-order valence-electron chi connectivity index (χ4n) is 1.85. The molecule has 1 heterocycles. The van der Waals surface area contributed by atoms with Crippen LogP contribution in [0.15, 0.2) is 38.8 Å². The summed E-state index contributed by atoms with van der Waals surface area (Å²) in [5.74, 6) is 0.952. The third-order valence-corrected chi connectivity index (χ3v) is 6.32. The van der Waals surface area contributed by atoms with Crippen LogP contribution in [-0.4, -0.2) is 59.7 Å². The highest BCUT2D eigenvalue weighted by molar-refractivity contribution is 9.10. The second kappa shape index (κ2) is 8.79. The molecule has 0 fully saturated rings. The lowest BCUT2D eigenvalue weighted by molar-refractivity contribution is -0.121. The van der Waals surface area contributed by atoms with Gasteiger partial charge in [-0.1, -0.05) is 27.7 Å². The number of aromatic amines is 1. The molecule has 1 aromatic heterocycles. The van der Waals surface area contributed by atoms with Gasteiger partial charge in [-0.15, -0.1) is 5.10 Å². The predicted molar refractivity (Wildman–Crippen MR) is 98.8 cm³/mol. The highest BCUT2D eigenvalue weighted by Gasteiger charge is 2.22. The summed E-state index contributed by atoms with van der Waals surface area (Å²) in [6, 6.07) is 6.26. The van der Waals surface area contributed by atoms with Crippen molar-refractivity contribution in [3.05, 3.63) is 34.6 Å². The van der Waals surface area contributed by atoms with Gasteiger partial charge in [0.2, 0.25) is 21.1 Å². The van der Waals surface area contributed by atoms with Gasteiger partial charge in [0, 0.05) is 23.8 Å². The number of hydrogen-bond acceptors (Lipinski definition) is 6. The SMILES string of the molecule is Cc1nc(SCCNC(=O)CN(C)S(=O)(=O)c2ccc(Br)cc2)n[nH]1. The minimum atomic E-state index is -3.70. The Bertz CT molecular complexity index is 823. The molecule has 0 saturated carbocycles. The zero-order valence-electron chi connectivity index (χ0n) is 13.7. The molecule has 1 aromatic carbocycles. The number of nitrogens with one attached hydrogen (secondary N) is 2. The molecular formula is C14H18BrN5O3S2. The van der Waals surface area contributed by atoms with E-state index in [-0.39, 0.29) is 17.3 Å². The van der Waals surface area contributed by atoms with E-state index in [1.54, 1.807) is 19.1 Å². The maximum absolute atomic E-state index is 12.4. The van der Waals surface area contributed by atoms with Crippen LogP contribution < -0.4 is 5.32 Å². The van der Waals surface area contributed by atoms with E-state index in [2.05, 4.69) is 36.4 Å². The number of H-pyrrole nitrogens is 1. The minimum Gasteiger partial charge on any atom is -0.354 e. The summed E-state index contributed by atoms with van der Waals surface area (Å²) in [4.78, 5) is 16.2. The molecule has 0 unspecified atom stereocenters. The first-order valence-corrected chi connectivity index (χ1v) is 10.5. The van der Waals surface area contributed by atoms with Crippen molar-refractivity contribution >= 4 is 43.6 Å². The van der Waals surface area contributed by atoms with Crippen LogP contribution in [0.25, 0.3) is 0 Å². The van der Waals surface area contributed by atoms with E-state index in [9.17, 15) is 13.2 Å². The standard InChI is InChI=1S/C14H18BrN5O3S2/c1-10-17-14(19-18-10)24-8-7-16-13(21)9-20(2)25(22,23)12-5-3-11(15)4-6-12/h3-6H,7-9H2,1-2H3,(H,16,21)(H,17,18,19). The zero-order valence-corrected chi connectivity index (χ0v) is 16.9. The number of halogens is 1. The third kappa shape index (κ3) is 5.80. The number of aryl methyl sites for hydroxylation is 1. The van der Waals surface area contributed by atoms with Crippen molar-refractivity contribution in [2.24, 2.45) is 0 Å². The van der Waals surface area contributed by atoms with Crippen molar-refractivity contribution in [2.75, 3.05) is 25.9 Å². The topological polar surface area (TPSA) is 108 Å². The number of rotatable bonds is 8. The van der Waals surface area contributed by atoms with Crippen LogP contribution in [0.4, 0.5) is 0 Å². The van der Waals surface area contributed by atoms with Gasteiger partial charge in [0.1, 0.15) is 5.82 Å². The highest BCUT2D eigenvalue weighted by Crippen LogP contribution is 2.17. The number of likely N-dealkylation sites (N-methyl/N-ethyl adjacent to an activating group) is 1. The lowest BCUT2D eigenvalue weighted by Crippen LogP contribution is -2.39. The van der Waals surface area contributed by atoms with Gasteiger partial charge in [-0.05, 0) is 31.2 Å². The van der Waals surface area contributed by atoms with Crippen molar-refractivity contribution in [2.45, 2.75) is 17.0 Å². The van der Waals surface area contributed by atoms with Gasteiger partial charge >= 0.3 is 0 Å². The lowest BCUT2D eigenvalue weighted by atomic mass is 10.4. The zero-order chi connectivity index (χ0) is 18.4. The monoisotopic (exact) mass is 447 g/mol. The van der Waals surface area contributed by atoms with Crippen LogP contribution in [0.2, 0.25) is 0 Å². The summed E-state index contributed by atoms with van der Waals surface area (Å²) in [6.45, 7) is 1.95. The van der Waals surface area contributed by atoms with Crippen molar-refractivity contribution in [3.63, 3.8) is 0 Å². The molecule has 0 aliphatic heterocycles. The number of carbonyl (C=O) groups is 1. The second-order valence-corrected chi connectivity index (χ2v) is 9.14. The Morgan fingerprint density at radius 3 is 2.64 bits per heavy atom. The van der Waals surface area contributed by atoms with Gasteiger partial charge in [0.05, 0.1) is 11.4 Å². The van der Waals surface area contributed by atoms with E-state index < -0.39 is 10.0 Å². The minimum absolute atomic E-state index is 0.140. The number of nitrogens with zero attached hydrogens (tertiary/aromatic N) is 3. The van der Waals surface area contributed by atoms with E-state index in [0.29, 0.717) is 17.5 Å². The first-order chi connectivity index (χ1) is 11.8. The lowest BCUT2D eigenvalue weighted by Gasteiger charge is -2.16. The van der Waals surface area contributed by atoms with Gasteiger partial charge in [-0.2, -0.15) is 4.31 Å². The number of carbonyl (C=O) groups excluding carboxylic acids is 1. The molecule has 0 radical (unpaired) electrons. The van der Waals surface area contributed by atoms with Crippen molar-refractivity contribution in [1.29, 1.82) is 0 Å². The van der Waals surface area contributed by atoms with Crippen molar-refractivity contribution in [3.8, 4) is 0 Å². The average Bonchev–Trinajstić information content (AvgIpc) is 2.97. The number of sulfonamides is 1. The molecule has 2 aromatic rings. The Balaban J connectivity index is 1.79. The first kappa shape index (κ1) is 19.9. The Kier molecular flexibility index (Phi) is 6.99. The molecule has 1 amide bonds. The van der Waals surface area contributed by atoms with Crippen molar-refractivity contribution in [1.82, 2.24) is 24.8 Å². The molecule has 0 bridgehead atoms. The highest BCUT2D eigenvalue weighted by atomic mass is 79.9. The normalized spacial score (nSPS) is 11.7. The van der Waals surface area contributed by atoms with Crippen molar-refractivity contribution < 1.29 is 13.2 Å². The maximum Gasteiger partial charge on any atom is 0.243 e. The molecular weight excluding hydrogens is 430 g/mol. The molecule has 2 N–H and O–H groups in total. The number of benzene rings is 1. The number of thioether (sulfide) groups is 1. The van der Waals surface area contributed by atoms with Gasteiger partial charge < -0.3 is 5.32 Å². The predicted octanol–water partition coefficient (Wildman–Crippen LogP) is 1.40. The Morgan fingerprint density at radius 1 is 1.36 bits per heavy atom. The Hall–Kier alpha value is -1.43. The summed E-state index contributed by atoms with van der Waals surface area (Å²) in [5.41, 5.74) is 0. The van der Waals surface area contributed by atoms with Crippen LogP contribution >= 0.6 is 27.7 Å². The molecule has 8 nitrogen and oxygen atoms in total. The van der Waals surface area contributed by atoms with Gasteiger partial charge in [0.25, 0.3) is 0 Å². The van der Waals surface area contributed by atoms with Crippen LogP contribution in [0.1, 0.15) is 5.82 Å². The van der Waals surface area contributed by atoms with E-state index >= 15 is 0 Å². The molecule has 0 saturated heterocycles. The van der Waals surface area contributed by atoms with Crippen LogP contribution in [-0.2, 0) is 14.8 Å².